The maximum atomic E-state index is 13.9. The molecule has 0 spiro atoms. The van der Waals surface area contributed by atoms with Gasteiger partial charge in [0.05, 0.1) is 55.3 Å². The number of carbonyl (C=O) groups excluding carboxylic acids is 4. The van der Waals surface area contributed by atoms with Gasteiger partial charge in [-0.05, 0) is 98.7 Å². The number of aliphatic hydroxyl groups excluding tert-OH is 1. The van der Waals surface area contributed by atoms with Crippen LogP contribution >= 0.6 is 0 Å². The minimum Gasteiger partial charge on any atom is -0.488 e. The van der Waals surface area contributed by atoms with E-state index in [2.05, 4.69) is 44.9 Å². The van der Waals surface area contributed by atoms with Crippen molar-refractivity contribution in [3.8, 4) is 28.1 Å². The molecule has 4 amide bonds. The Kier molecular flexibility index (Phi) is 10.9. The van der Waals surface area contributed by atoms with Crippen molar-refractivity contribution in [2.45, 2.75) is 109 Å². The zero-order chi connectivity index (χ0) is 42.6. The van der Waals surface area contributed by atoms with Gasteiger partial charge in [-0.2, -0.15) is 0 Å². The Morgan fingerprint density at radius 1 is 0.817 bits per heavy atom. The summed E-state index contributed by atoms with van der Waals surface area (Å²) < 4.78 is 15.9. The van der Waals surface area contributed by atoms with Crippen LogP contribution in [-0.4, -0.2) is 103 Å². The van der Waals surface area contributed by atoms with Crippen LogP contribution in [0.2, 0.25) is 0 Å². The zero-order valence-electron chi connectivity index (χ0n) is 34.9. The van der Waals surface area contributed by atoms with Gasteiger partial charge in [0.1, 0.15) is 36.1 Å². The van der Waals surface area contributed by atoms with Crippen LogP contribution < -0.4 is 15.4 Å². The molecule has 5 heterocycles. The molecule has 3 aliphatic heterocycles. The molecule has 60 heavy (non-hydrogen) atoms. The number of hydrogen-bond acceptors (Lipinski definition) is 10. The largest absolute Gasteiger partial charge is 0.488 e. The predicted molar refractivity (Wildman–Crippen MR) is 223 cm³/mol. The third-order valence-electron chi connectivity index (χ3n) is 12.3. The monoisotopic (exact) mass is 820 g/mol. The molecule has 0 unspecified atom stereocenters. The van der Waals surface area contributed by atoms with Crippen molar-refractivity contribution in [3.63, 3.8) is 0 Å². The molecule has 316 valence electrons. The normalized spacial score (nSPS) is 21.3. The van der Waals surface area contributed by atoms with Gasteiger partial charge in [-0.1, -0.05) is 32.0 Å². The lowest BCUT2D eigenvalue weighted by atomic mass is 9.92. The number of aromatic nitrogens is 4. The first kappa shape index (κ1) is 40.6. The average Bonchev–Trinajstić information content (AvgIpc) is 4.06. The first-order valence-electron chi connectivity index (χ1n) is 20.6. The van der Waals surface area contributed by atoms with Gasteiger partial charge in [0, 0.05) is 23.0 Å². The SMILES string of the molecule is COC(=O)N[C@H](C(=O)N1[C@@H](C)CC[C@H]1c1ncc(-c2ccc3c(c2)COc2cc4c(ccc5[nH]c([C@@H]6CC[C@H](C)N6C(=O)[C@@H](NC(=O)OC)[C@@H](C)O)nc54)cc2-3)[nH]1)C(C)C. The molecule has 16 nitrogen and oxygen atoms in total. The van der Waals surface area contributed by atoms with Crippen molar-refractivity contribution < 1.29 is 38.5 Å². The Morgan fingerprint density at radius 2 is 1.47 bits per heavy atom. The maximum absolute atomic E-state index is 13.9. The number of ether oxygens (including phenoxy) is 3. The van der Waals surface area contributed by atoms with Crippen molar-refractivity contribution in [3.05, 3.63) is 65.9 Å². The van der Waals surface area contributed by atoms with Crippen molar-refractivity contribution in [2.24, 2.45) is 5.92 Å². The smallest absolute Gasteiger partial charge is 0.407 e. The summed E-state index contributed by atoms with van der Waals surface area (Å²) in [5.41, 5.74) is 6.40. The van der Waals surface area contributed by atoms with E-state index in [1.165, 1.54) is 21.1 Å². The maximum Gasteiger partial charge on any atom is 0.407 e. The molecule has 0 aliphatic carbocycles. The molecule has 3 aliphatic rings. The second-order valence-electron chi connectivity index (χ2n) is 16.6. The predicted octanol–water partition coefficient (Wildman–Crippen LogP) is 6.26. The Bertz CT molecular complexity index is 2480. The van der Waals surface area contributed by atoms with Crippen LogP contribution in [0.3, 0.4) is 0 Å². The summed E-state index contributed by atoms with van der Waals surface area (Å²) in [6.07, 6.45) is 2.20. The molecule has 2 saturated heterocycles. The molecular weight excluding hydrogens is 769 g/mol. The lowest BCUT2D eigenvalue weighted by Crippen LogP contribution is -2.54. The molecular formula is C44H52N8O8. The van der Waals surface area contributed by atoms with E-state index in [9.17, 15) is 24.3 Å². The van der Waals surface area contributed by atoms with E-state index in [1.54, 1.807) is 11.1 Å². The fraction of sp³-hybridized carbons (Fsp3) is 0.455. The zero-order valence-corrected chi connectivity index (χ0v) is 34.9. The first-order chi connectivity index (χ1) is 28.8. The van der Waals surface area contributed by atoms with Crippen LogP contribution in [0.4, 0.5) is 9.59 Å². The standard InChI is InChI=1S/C44H52N8O8/c1-21(2)36(49-43(56)58-6)41(54)51-22(3)8-14-33(51)39-45-19-32(47-39)26-10-12-28-27(16-26)20-60-35-18-29-25(17-30(28)35)11-13-31-38(29)48-40(46-31)34-15-9-23(4)52(34)42(55)37(24(5)53)50-44(57)59-7/h10-13,16-19,21-24,33-34,36-37,53H,8-9,14-15,20H2,1-7H3,(H,45,47)(H,46,48)(H,49,56)(H,50,57)/t22-,23-,24+,33-,34-,36-,37-/m0/s1. The minimum atomic E-state index is -1.17. The number of amides is 4. The number of likely N-dealkylation sites (tertiary alicyclic amines) is 2. The summed E-state index contributed by atoms with van der Waals surface area (Å²) in [6.45, 7) is 9.60. The number of carbonyl (C=O) groups is 4. The van der Waals surface area contributed by atoms with Gasteiger partial charge >= 0.3 is 12.2 Å². The molecule has 0 saturated carbocycles. The number of nitrogens with one attached hydrogen (secondary N) is 4. The molecule has 2 fully saturated rings. The van der Waals surface area contributed by atoms with E-state index in [1.807, 2.05) is 50.8 Å². The highest BCUT2D eigenvalue weighted by atomic mass is 16.5. The summed E-state index contributed by atoms with van der Waals surface area (Å²) in [4.78, 5) is 72.1. The molecule has 0 bridgehead atoms. The molecule has 3 aromatic carbocycles. The van der Waals surface area contributed by atoms with Crippen LogP contribution in [0.5, 0.6) is 5.75 Å². The van der Waals surface area contributed by atoms with Gasteiger partial charge in [-0.3, -0.25) is 9.59 Å². The number of hydrogen-bond donors (Lipinski definition) is 5. The number of H-pyrrole nitrogens is 2. The molecule has 2 aromatic heterocycles. The van der Waals surface area contributed by atoms with E-state index < -0.39 is 36.3 Å². The number of benzene rings is 3. The van der Waals surface area contributed by atoms with E-state index in [0.717, 1.165) is 74.8 Å². The molecule has 7 atom stereocenters. The van der Waals surface area contributed by atoms with E-state index in [4.69, 9.17) is 24.2 Å². The molecule has 5 N–H and O–H groups in total. The number of alkyl carbamates (subject to hydrolysis) is 2. The Hall–Kier alpha value is -6.16. The van der Waals surface area contributed by atoms with Crippen LogP contribution in [0.1, 0.15) is 89.6 Å². The Morgan fingerprint density at radius 3 is 2.12 bits per heavy atom. The van der Waals surface area contributed by atoms with Crippen molar-refractivity contribution in [2.75, 3.05) is 14.2 Å². The van der Waals surface area contributed by atoms with E-state index in [-0.39, 0.29) is 36.0 Å². The van der Waals surface area contributed by atoms with Gasteiger partial charge in [-0.15, -0.1) is 0 Å². The third kappa shape index (κ3) is 7.26. The minimum absolute atomic E-state index is 0.0233. The molecule has 0 radical (unpaired) electrons. The Labute approximate surface area is 347 Å². The van der Waals surface area contributed by atoms with E-state index in [0.29, 0.717) is 24.7 Å². The van der Waals surface area contributed by atoms with Crippen LogP contribution in [0, 0.1) is 5.92 Å². The van der Waals surface area contributed by atoms with Crippen molar-refractivity contribution in [1.29, 1.82) is 0 Å². The number of imidazole rings is 2. The van der Waals surface area contributed by atoms with Gasteiger partial charge < -0.3 is 49.7 Å². The highest BCUT2D eigenvalue weighted by Gasteiger charge is 2.43. The number of methoxy groups -OCH3 is 2. The summed E-state index contributed by atoms with van der Waals surface area (Å²) in [5.74, 6) is 1.38. The summed E-state index contributed by atoms with van der Waals surface area (Å²) in [5, 5.41) is 17.5. The summed E-state index contributed by atoms with van der Waals surface area (Å²) in [7, 11) is 2.50. The Balaban J connectivity index is 1.05. The topological polar surface area (TPSA) is 204 Å². The fourth-order valence-electron chi connectivity index (χ4n) is 9.13. The second kappa shape index (κ2) is 16.1. The van der Waals surface area contributed by atoms with Crippen molar-refractivity contribution in [1.82, 2.24) is 40.4 Å². The van der Waals surface area contributed by atoms with Gasteiger partial charge in [0.2, 0.25) is 11.8 Å². The van der Waals surface area contributed by atoms with Crippen LogP contribution in [0.15, 0.2) is 48.7 Å². The quantitative estimate of drug-likeness (QED) is 0.113. The summed E-state index contributed by atoms with van der Waals surface area (Å²) >= 11 is 0. The van der Waals surface area contributed by atoms with Gasteiger partial charge in [0.15, 0.2) is 0 Å². The molecule has 5 aromatic rings. The number of aliphatic hydroxyl groups is 1. The highest BCUT2D eigenvalue weighted by Crippen LogP contribution is 2.44. The number of fused-ring (bicyclic) bond motifs is 6. The van der Waals surface area contributed by atoms with Crippen molar-refractivity contribution >= 4 is 45.8 Å². The highest BCUT2D eigenvalue weighted by molar-refractivity contribution is 6.07. The first-order valence-corrected chi connectivity index (χ1v) is 20.6. The number of rotatable bonds is 9. The lowest BCUT2D eigenvalue weighted by molar-refractivity contribution is -0.139. The van der Waals surface area contributed by atoms with Crippen LogP contribution in [0.25, 0.3) is 44.2 Å². The molecule has 8 rings (SSSR count). The third-order valence-corrected chi connectivity index (χ3v) is 12.3. The fourth-order valence-corrected chi connectivity index (χ4v) is 9.13. The van der Waals surface area contributed by atoms with Gasteiger partial charge in [0.25, 0.3) is 0 Å². The second-order valence-corrected chi connectivity index (χ2v) is 16.6. The van der Waals surface area contributed by atoms with E-state index >= 15 is 0 Å². The molecule has 16 heteroatoms. The lowest BCUT2D eigenvalue weighted by Gasteiger charge is -2.32. The van der Waals surface area contributed by atoms with Gasteiger partial charge in [-0.25, -0.2) is 19.6 Å². The number of nitrogens with zero attached hydrogens (tertiary/aromatic N) is 4. The summed E-state index contributed by atoms with van der Waals surface area (Å²) in [6, 6.07) is 11.8. The average molecular weight is 821 g/mol. The van der Waals surface area contributed by atoms with Crippen LogP contribution in [-0.2, 0) is 25.7 Å². The number of aromatic amines is 2.